The molecule has 0 saturated carbocycles. The van der Waals surface area contributed by atoms with Gasteiger partial charge < -0.3 is 18.9 Å². The van der Waals surface area contributed by atoms with Gasteiger partial charge >= 0.3 is 5.97 Å². The minimum absolute atomic E-state index is 0.0477. The number of carbonyl (C=O) groups is 1. The average Bonchev–Trinajstić information content (AvgIpc) is 2.65. The van der Waals surface area contributed by atoms with Gasteiger partial charge in [0.2, 0.25) is 0 Å². The van der Waals surface area contributed by atoms with Gasteiger partial charge in [-0.2, -0.15) is 0 Å². The topological polar surface area (TPSA) is 60.8 Å². The molecule has 1 aromatic carbocycles. The summed E-state index contributed by atoms with van der Waals surface area (Å²) < 4.78 is 11.4. The van der Waals surface area contributed by atoms with Gasteiger partial charge in [0.25, 0.3) is 5.56 Å². The lowest BCUT2D eigenvalue weighted by atomic mass is 10.1. The summed E-state index contributed by atoms with van der Waals surface area (Å²) in [6.07, 6.45) is 1.79. The summed E-state index contributed by atoms with van der Waals surface area (Å²) in [6, 6.07) is 10.5. The maximum absolute atomic E-state index is 12.7. The maximum Gasteiger partial charge on any atom is 0.337 e. The molecule has 0 N–H and O–H groups in total. The SMILES string of the molecule is COCCN(C)CCn1cccc(-c2ccc(C(=O)OC)cc2)c1=O. The zero-order chi connectivity index (χ0) is 18.2. The molecule has 0 spiro atoms. The maximum atomic E-state index is 12.7. The second-order valence-corrected chi connectivity index (χ2v) is 5.79. The molecule has 0 aliphatic carbocycles. The number of esters is 1. The minimum Gasteiger partial charge on any atom is -0.465 e. The van der Waals surface area contributed by atoms with Crippen molar-refractivity contribution in [2.24, 2.45) is 0 Å². The van der Waals surface area contributed by atoms with E-state index in [4.69, 9.17) is 4.74 Å². The van der Waals surface area contributed by atoms with Crippen molar-refractivity contribution in [1.29, 1.82) is 0 Å². The van der Waals surface area contributed by atoms with Crippen LogP contribution in [0.2, 0.25) is 0 Å². The molecule has 2 rings (SSSR count). The third kappa shape index (κ3) is 5.01. The van der Waals surface area contributed by atoms with Crippen LogP contribution in [0.4, 0.5) is 0 Å². The summed E-state index contributed by atoms with van der Waals surface area (Å²) in [5.41, 5.74) is 1.80. The van der Waals surface area contributed by atoms with E-state index >= 15 is 0 Å². The number of carbonyl (C=O) groups excluding carboxylic acids is 1. The number of pyridine rings is 1. The van der Waals surface area contributed by atoms with E-state index < -0.39 is 5.97 Å². The molecule has 0 saturated heterocycles. The Hall–Kier alpha value is -2.44. The summed E-state index contributed by atoms with van der Waals surface area (Å²) in [5.74, 6) is -0.392. The van der Waals surface area contributed by atoms with Gasteiger partial charge in [0.05, 0.1) is 19.3 Å². The van der Waals surface area contributed by atoms with Gasteiger partial charge in [0.15, 0.2) is 0 Å². The van der Waals surface area contributed by atoms with Crippen LogP contribution in [0, 0.1) is 0 Å². The van der Waals surface area contributed by atoms with E-state index in [2.05, 4.69) is 9.64 Å². The number of rotatable bonds is 8. The van der Waals surface area contributed by atoms with E-state index in [1.165, 1.54) is 7.11 Å². The fourth-order valence-electron chi connectivity index (χ4n) is 2.47. The fourth-order valence-corrected chi connectivity index (χ4v) is 2.47. The molecule has 6 nitrogen and oxygen atoms in total. The number of hydrogen-bond acceptors (Lipinski definition) is 5. The monoisotopic (exact) mass is 344 g/mol. The van der Waals surface area contributed by atoms with Crippen molar-refractivity contribution in [2.45, 2.75) is 6.54 Å². The lowest BCUT2D eigenvalue weighted by Gasteiger charge is -2.17. The van der Waals surface area contributed by atoms with Crippen LogP contribution in [-0.2, 0) is 16.0 Å². The summed E-state index contributed by atoms with van der Waals surface area (Å²) in [4.78, 5) is 26.3. The first-order chi connectivity index (χ1) is 12.1. The van der Waals surface area contributed by atoms with Gasteiger partial charge in [-0.15, -0.1) is 0 Å². The highest BCUT2D eigenvalue weighted by molar-refractivity contribution is 5.89. The second-order valence-electron chi connectivity index (χ2n) is 5.79. The molecule has 0 atom stereocenters. The number of nitrogens with zero attached hydrogens (tertiary/aromatic N) is 2. The van der Waals surface area contributed by atoms with E-state index in [-0.39, 0.29) is 5.56 Å². The number of methoxy groups -OCH3 is 2. The molecular formula is C19H24N2O4. The molecular weight excluding hydrogens is 320 g/mol. The first-order valence-electron chi connectivity index (χ1n) is 8.12. The zero-order valence-corrected chi connectivity index (χ0v) is 14.9. The first kappa shape index (κ1) is 18.9. The van der Waals surface area contributed by atoms with Crippen LogP contribution in [-0.4, -0.2) is 56.4 Å². The highest BCUT2D eigenvalue weighted by Gasteiger charge is 2.09. The van der Waals surface area contributed by atoms with Gasteiger partial charge in [-0.25, -0.2) is 4.79 Å². The van der Waals surface area contributed by atoms with Crippen molar-refractivity contribution >= 4 is 5.97 Å². The van der Waals surface area contributed by atoms with E-state index in [0.717, 1.165) is 18.7 Å². The number of benzene rings is 1. The highest BCUT2D eigenvalue weighted by atomic mass is 16.5. The Kier molecular flexibility index (Phi) is 6.91. The molecule has 25 heavy (non-hydrogen) atoms. The van der Waals surface area contributed by atoms with Crippen LogP contribution in [0.1, 0.15) is 10.4 Å². The Bertz CT molecular complexity index is 753. The lowest BCUT2D eigenvalue weighted by molar-refractivity contribution is 0.0601. The number of aromatic nitrogens is 1. The Morgan fingerprint density at radius 2 is 1.84 bits per heavy atom. The van der Waals surface area contributed by atoms with Gasteiger partial charge in [0.1, 0.15) is 0 Å². The molecule has 0 bridgehead atoms. The van der Waals surface area contributed by atoms with Crippen molar-refractivity contribution in [2.75, 3.05) is 41.0 Å². The molecule has 2 aromatic rings. The van der Waals surface area contributed by atoms with Crippen LogP contribution in [0.15, 0.2) is 47.4 Å². The normalized spacial score (nSPS) is 10.9. The molecule has 0 amide bonds. The standard InChI is InChI=1S/C19H24N2O4/c1-20(13-14-24-2)11-12-21-10-4-5-17(18(21)22)15-6-8-16(9-7-15)19(23)25-3/h4-10H,11-14H2,1-3H3. The van der Waals surface area contributed by atoms with Crippen LogP contribution >= 0.6 is 0 Å². The van der Waals surface area contributed by atoms with E-state index in [1.807, 2.05) is 13.1 Å². The van der Waals surface area contributed by atoms with Crippen LogP contribution in [0.5, 0.6) is 0 Å². The Labute approximate surface area is 147 Å². The average molecular weight is 344 g/mol. The Balaban J connectivity index is 2.15. The minimum atomic E-state index is -0.392. The van der Waals surface area contributed by atoms with Crippen LogP contribution in [0.25, 0.3) is 11.1 Å². The van der Waals surface area contributed by atoms with Crippen LogP contribution in [0.3, 0.4) is 0 Å². The molecule has 1 aromatic heterocycles. The number of ether oxygens (including phenoxy) is 2. The van der Waals surface area contributed by atoms with Crippen LogP contribution < -0.4 is 5.56 Å². The van der Waals surface area contributed by atoms with Crippen molar-refractivity contribution in [3.8, 4) is 11.1 Å². The molecule has 6 heteroatoms. The third-order valence-corrected chi connectivity index (χ3v) is 4.04. The highest BCUT2D eigenvalue weighted by Crippen LogP contribution is 2.16. The van der Waals surface area contributed by atoms with E-state index in [0.29, 0.717) is 24.3 Å². The molecule has 0 unspecified atom stereocenters. The lowest BCUT2D eigenvalue weighted by Crippen LogP contribution is -2.30. The fraction of sp³-hybridized carbons (Fsp3) is 0.368. The Morgan fingerprint density at radius 3 is 2.48 bits per heavy atom. The summed E-state index contributed by atoms with van der Waals surface area (Å²) in [5, 5.41) is 0. The second kappa shape index (κ2) is 9.15. The van der Waals surface area contributed by atoms with Crippen molar-refractivity contribution < 1.29 is 14.3 Å². The quantitative estimate of drug-likeness (QED) is 0.684. The molecule has 0 radical (unpaired) electrons. The number of hydrogen-bond donors (Lipinski definition) is 0. The largest absolute Gasteiger partial charge is 0.465 e. The summed E-state index contributed by atoms with van der Waals surface area (Å²) in [6.45, 7) is 2.85. The van der Waals surface area contributed by atoms with Crippen molar-refractivity contribution in [3.63, 3.8) is 0 Å². The van der Waals surface area contributed by atoms with Crippen molar-refractivity contribution in [1.82, 2.24) is 9.47 Å². The van der Waals surface area contributed by atoms with Crippen molar-refractivity contribution in [3.05, 3.63) is 58.5 Å². The first-order valence-corrected chi connectivity index (χ1v) is 8.12. The van der Waals surface area contributed by atoms with E-state index in [1.54, 1.807) is 48.2 Å². The molecule has 134 valence electrons. The molecule has 1 heterocycles. The predicted molar refractivity (Wildman–Crippen MR) is 96.9 cm³/mol. The molecule has 0 fully saturated rings. The van der Waals surface area contributed by atoms with Gasteiger partial charge in [-0.1, -0.05) is 12.1 Å². The van der Waals surface area contributed by atoms with Gasteiger partial charge in [-0.3, -0.25) is 4.79 Å². The van der Waals surface area contributed by atoms with Gasteiger partial charge in [-0.05, 0) is 36.9 Å². The third-order valence-electron chi connectivity index (χ3n) is 4.04. The smallest absolute Gasteiger partial charge is 0.337 e. The summed E-state index contributed by atoms with van der Waals surface area (Å²) in [7, 11) is 5.02. The predicted octanol–water partition coefficient (Wildman–Crippen LogP) is 1.88. The zero-order valence-electron chi connectivity index (χ0n) is 14.9. The summed E-state index contributed by atoms with van der Waals surface area (Å²) >= 11 is 0. The molecule has 0 aliphatic rings. The van der Waals surface area contributed by atoms with E-state index in [9.17, 15) is 9.59 Å². The molecule has 0 aliphatic heterocycles. The van der Waals surface area contributed by atoms with Gasteiger partial charge in [0, 0.05) is 38.5 Å². The number of likely N-dealkylation sites (N-methyl/N-ethyl adjacent to an activating group) is 1. The Morgan fingerprint density at radius 1 is 1.12 bits per heavy atom.